The molecule has 0 radical (unpaired) electrons. The Labute approximate surface area is 111 Å². The number of hydrogen-bond acceptors (Lipinski definition) is 2. The van der Waals surface area contributed by atoms with E-state index in [9.17, 15) is 13.9 Å². The minimum atomic E-state index is -1.45. The zero-order chi connectivity index (χ0) is 13.6. The highest BCUT2D eigenvalue weighted by molar-refractivity contribution is 7.99. The highest BCUT2D eigenvalue weighted by Gasteiger charge is 2.49. The molecule has 1 heterocycles. The van der Waals surface area contributed by atoms with Gasteiger partial charge in [-0.2, -0.15) is 11.8 Å². The first kappa shape index (κ1) is 13.8. The number of aliphatic hydroxyl groups is 1. The van der Waals surface area contributed by atoms with Crippen molar-refractivity contribution < 1.29 is 13.9 Å². The van der Waals surface area contributed by atoms with E-state index in [0.29, 0.717) is 11.3 Å². The van der Waals surface area contributed by atoms with Gasteiger partial charge in [0.05, 0.1) is 5.56 Å². The van der Waals surface area contributed by atoms with Gasteiger partial charge < -0.3 is 5.11 Å². The van der Waals surface area contributed by atoms with E-state index in [1.54, 1.807) is 6.92 Å². The molecule has 1 aromatic carbocycles. The first-order valence-electron chi connectivity index (χ1n) is 6.05. The molecule has 1 fully saturated rings. The molecule has 0 bridgehead atoms. The van der Waals surface area contributed by atoms with Crippen molar-refractivity contribution in [3.63, 3.8) is 0 Å². The van der Waals surface area contributed by atoms with Gasteiger partial charge in [-0.15, -0.1) is 0 Å². The number of halogens is 2. The van der Waals surface area contributed by atoms with Gasteiger partial charge >= 0.3 is 0 Å². The van der Waals surface area contributed by atoms with Crippen LogP contribution in [0, 0.1) is 24.0 Å². The summed E-state index contributed by atoms with van der Waals surface area (Å²) >= 11 is 1.54. The van der Waals surface area contributed by atoms with E-state index in [1.807, 2.05) is 13.8 Å². The number of rotatable bonds is 1. The maximum absolute atomic E-state index is 14.2. The molecule has 0 aromatic heterocycles. The van der Waals surface area contributed by atoms with Gasteiger partial charge in [-0.05, 0) is 36.1 Å². The lowest BCUT2D eigenvalue weighted by molar-refractivity contribution is -0.0631. The zero-order valence-corrected chi connectivity index (χ0v) is 11.7. The van der Waals surface area contributed by atoms with E-state index in [0.717, 1.165) is 12.2 Å². The van der Waals surface area contributed by atoms with Crippen molar-refractivity contribution in [2.24, 2.45) is 5.41 Å². The maximum Gasteiger partial charge on any atom is 0.135 e. The maximum atomic E-state index is 14.2. The van der Waals surface area contributed by atoms with E-state index in [1.165, 1.54) is 23.9 Å². The average molecular weight is 272 g/mol. The molecule has 100 valence electrons. The topological polar surface area (TPSA) is 20.2 Å². The number of benzene rings is 1. The van der Waals surface area contributed by atoms with Gasteiger partial charge in [0, 0.05) is 5.75 Å². The van der Waals surface area contributed by atoms with Gasteiger partial charge in [0.1, 0.15) is 17.2 Å². The van der Waals surface area contributed by atoms with Crippen molar-refractivity contribution in [2.75, 3.05) is 11.5 Å². The Hall–Kier alpha value is -0.610. The lowest BCUT2D eigenvalue weighted by atomic mass is 9.69. The first-order chi connectivity index (χ1) is 8.29. The molecule has 0 saturated carbocycles. The second-order valence-corrected chi connectivity index (χ2v) is 6.71. The molecule has 1 unspecified atom stereocenters. The summed E-state index contributed by atoms with van der Waals surface area (Å²) in [5, 5.41) is 10.9. The smallest absolute Gasteiger partial charge is 0.135 e. The summed E-state index contributed by atoms with van der Waals surface area (Å²) in [6.45, 7) is 5.33. The molecule has 1 aliphatic heterocycles. The largest absolute Gasteiger partial charge is 0.384 e. The predicted octanol–water partition coefficient (Wildman–Crippen LogP) is 3.62. The van der Waals surface area contributed by atoms with Crippen LogP contribution in [0.4, 0.5) is 8.78 Å². The lowest BCUT2D eigenvalue weighted by Crippen LogP contribution is -2.48. The summed E-state index contributed by atoms with van der Waals surface area (Å²) in [5.74, 6) is -0.0361. The fourth-order valence-electron chi connectivity index (χ4n) is 2.40. The van der Waals surface area contributed by atoms with Crippen LogP contribution in [0.1, 0.15) is 31.4 Å². The first-order valence-corrected chi connectivity index (χ1v) is 7.20. The third kappa shape index (κ3) is 1.95. The highest BCUT2D eigenvalue weighted by atomic mass is 32.2. The van der Waals surface area contributed by atoms with Crippen molar-refractivity contribution in [3.05, 3.63) is 34.9 Å². The molecule has 1 aliphatic rings. The Morgan fingerprint density at radius 1 is 1.28 bits per heavy atom. The zero-order valence-electron chi connectivity index (χ0n) is 10.9. The van der Waals surface area contributed by atoms with E-state index in [4.69, 9.17) is 0 Å². The molecule has 1 saturated heterocycles. The Bertz CT molecular complexity index is 473. The van der Waals surface area contributed by atoms with Crippen molar-refractivity contribution in [1.82, 2.24) is 0 Å². The monoisotopic (exact) mass is 272 g/mol. The highest BCUT2D eigenvalue weighted by Crippen LogP contribution is 2.50. The summed E-state index contributed by atoms with van der Waals surface area (Å²) in [7, 11) is 0. The molecule has 2 rings (SSSR count). The second-order valence-electron chi connectivity index (χ2n) is 5.60. The molecule has 1 nitrogen and oxygen atoms in total. The molecule has 4 heteroatoms. The van der Waals surface area contributed by atoms with Crippen molar-refractivity contribution >= 4 is 11.8 Å². The van der Waals surface area contributed by atoms with Gasteiger partial charge in [0.15, 0.2) is 0 Å². The molecule has 0 aliphatic carbocycles. The van der Waals surface area contributed by atoms with Gasteiger partial charge in [-0.3, -0.25) is 0 Å². The summed E-state index contributed by atoms with van der Waals surface area (Å²) < 4.78 is 28.2. The lowest BCUT2D eigenvalue weighted by Gasteiger charge is -2.46. The minimum Gasteiger partial charge on any atom is -0.384 e. The number of aryl methyl sites for hydroxylation is 1. The molecule has 0 amide bonds. The Kier molecular flexibility index (Phi) is 3.45. The molecular formula is C14H18F2OS. The normalized spacial score (nSPS) is 27.2. The van der Waals surface area contributed by atoms with Crippen molar-refractivity contribution in [3.8, 4) is 0 Å². The molecule has 1 N–H and O–H groups in total. The van der Waals surface area contributed by atoms with Crippen molar-refractivity contribution in [2.45, 2.75) is 32.8 Å². The van der Waals surface area contributed by atoms with Gasteiger partial charge in [0.2, 0.25) is 0 Å². The molecular weight excluding hydrogens is 254 g/mol. The van der Waals surface area contributed by atoms with Gasteiger partial charge in [-0.1, -0.05) is 19.9 Å². The van der Waals surface area contributed by atoms with Gasteiger partial charge in [-0.25, -0.2) is 8.78 Å². The van der Waals surface area contributed by atoms with Gasteiger partial charge in [0.25, 0.3) is 0 Å². The second kappa shape index (κ2) is 4.49. The molecule has 1 atom stereocenters. The van der Waals surface area contributed by atoms with Crippen LogP contribution in [-0.2, 0) is 5.60 Å². The number of hydrogen-bond donors (Lipinski definition) is 1. The Morgan fingerprint density at radius 3 is 2.56 bits per heavy atom. The van der Waals surface area contributed by atoms with Crippen molar-refractivity contribution in [1.29, 1.82) is 0 Å². The van der Waals surface area contributed by atoms with Crippen LogP contribution in [0.5, 0.6) is 0 Å². The molecule has 1 aromatic rings. The predicted molar refractivity (Wildman–Crippen MR) is 70.7 cm³/mol. The quantitative estimate of drug-likeness (QED) is 0.842. The van der Waals surface area contributed by atoms with Crippen LogP contribution in [0.15, 0.2) is 12.1 Å². The van der Waals surface area contributed by atoms with E-state index in [2.05, 4.69) is 0 Å². The minimum absolute atomic E-state index is 0.167. The molecule has 18 heavy (non-hydrogen) atoms. The van der Waals surface area contributed by atoms with E-state index in [-0.39, 0.29) is 5.56 Å². The number of thioether (sulfide) groups is 1. The van der Waals surface area contributed by atoms with Crippen LogP contribution in [0.3, 0.4) is 0 Å². The van der Waals surface area contributed by atoms with Crippen LogP contribution in [0.2, 0.25) is 0 Å². The summed E-state index contributed by atoms with van der Waals surface area (Å²) in [4.78, 5) is 0. The van der Waals surface area contributed by atoms with Crippen LogP contribution in [-0.4, -0.2) is 16.6 Å². The van der Waals surface area contributed by atoms with Crippen LogP contribution < -0.4 is 0 Å². The standard InChI is InChI=1S/C14H18F2OS/c1-9-4-5-10(15)11(12(9)16)14(17)8-18-7-6-13(14,2)3/h4-5,17H,6-8H2,1-3H3. The Morgan fingerprint density at radius 2 is 1.94 bits per heavy atom. The third-order valence-corrected chi connectivity index (χ3v) is 5.11. The van der Waals surface area contributed by atoms with Crippen LogP contribution >= 0.6 is 11.8 Å². The fraction of sp³-hybridized carbons (Fsp3) is 0.571. The summed E-state index contributed by atoms with van der Waals surface area (Å²) in [6.07, 6.45) is 0.737. The van der Waals surface area contributed by atoms with E-state index < -0.39 is 22.7 Å². The Balaban J connectivity index is 2.63. The fourth-order valence-corrected chi connectivity index (χ4v) is 4.03. The summed E-state index contributed by atoms with van der Waals surface area (Å²) in [5.41, 5.74) is -1.78. The SMILES string of the molecule is Cc1ccc(F)c(C2(O)CSCCC2(C)C)c1F. The van der Waals surface area contributed by atoms with E-state index >= 15 is 0 Å². The molecule has 0 spiro atoms. The third-order valence-electron chi connectivity index (χ3n) is 4.00. The van der Waals surface area contributed by atoms with Crippen LogP contribution in [0.25, 0.3) is 0 Å². The summed E-state index contributed by atoms with van der Waals surface area (Å²) in [6, 6.07) is 2.64. The average Bonchev–Trinajstić information content (AvgIpc) is 2.28.